The first-order valence-corrected chi connectivity index (χ1v) is 23.5. The molecule has 0 fully saturated rings. The summed E-state index contributed by atoms with van der Waals surface area (Å²) < 4.78 is 2.60. The second-order valence-electron chi connectivity index (χ2n) is 17.2. The molecule has 1 nitrogen and oxygen atoms in total. The fourth-order valence-electron chi connectivity index (χ4n) is 10.4. The van der Waals surface area contributed by atoms with Crippen molar-refractivity contribution in [3.63, 3.8) is 0 Å². The third kappa shape index (κ3) is 6.37. The van der Waals surface area contributed by atoms with Crippen molar-refractivity contribution in [3.05, 3.63) is 249 Å². The van der Waals surface area contributed by atoms with E-state index in [0.29, 0.717) is 0 Å². The van der Waals surface area contributed by atoms with Crippen LogP contribution in [0.25, 0.3) is 108 Å². The minimum atomic E-state index is 1.10. The van der Waals surface area contributed by atoms with Crippen molar-refractivity contribution in [2.45, 2.75) is 0 Å². The van der Waals surface area contributed by atoms with Crippen LogP contribution in [0.1, 0.15) is 0 Å². The summed E-state index contributed by atoms with van der Waals surface area (Å²) in [5.41, 5.74) is 13.0. The van der Waals surface area contributed by atoms with E-state index in [1.807, 2.05) is 11.3 Å². The Balaban J connectivity index is 0.993. The van der Waals surface area contributed by atoms with Gasteiger partial charge in [-0.25, -0.2) is 0 Å². The Morgan fingerprint density at radius 3 is 1.52 bits per heavy atom. The monoisotopic (exact) mass is 855 g/mol. The van der Waals surface area contributed by atoms with E-state index in [-0.39, 0.29) is 0 Å². The van der Waals surface area contributed by atoms with Crippen molar-refractivity contribution in [1.29, 1.82) is 0 Å². The SMILES string of the molecule is c1ccc(-c2c(-c3ccccc3)c3cc(-c4cccc(N(c5ccc(-c6cc7ccccc7c7ccccc67)cc5)c5ccc6sc7ccccc7c6c5)c4)ccc3c3ccccc23)cc1. The quantitative estimate of drug-likeness (QED) is 0.144. The van der Waals surface area contributed by atoms with E-state index in [9.17, 15) is 0 Å². The second-order valence-corrected chi connectivity index (χ2v) is 18.3. The Bertz CT molecular complexity index is 3980. The lowest BCUT2D eigenvalue weighted by molar-refractivity contribution is 1.29. The van der Waals surface area contributed by atoms with E-state index in [2.05, 4.69) is 254 Å². The fourth-order valence-corrected chi connectivity index (χ4v) is 11.5. The lowest BCUT2D eigenvalue weighted by Gasteiger charge is -2.26. The smallest absolute Gasteiger partial charge is 0.0468 e. The molecule has 13 aromatic rings. The first-order valence-electron chi connectivity index (χ1n) is 22.7. The number of fused-ring (bicyclic) bond motifs is 9. The maximum absolute atomic E-state index is 2.43. The van der Waals surface area contributed by atoms with Gasteiger partial charge in [-0.2, -0.15) is 0 Å². The van der Waals surface area contributed by atoms with Gasteiger partial charge in [0.2, 0.25) is 0 Å². The van der Waals surface area contributed by atoms with Gasteiger partial charge in [-0.15, -0.1) is 11.3 Å². The van der Waals surface area contributed by atoms with Gasteiger partial charge in [0.05, 0.1) is 0 Å². The molecule has 0 amide bonds. The zero-order chi connectivity index (χ0) is 43.6. The van der Waals surface area contributed by atoms with Gasteiger partial charge in [-0.3, -0.25) is 0 Å². The van der Waals surface area contributed by atoms with Gasteiger partial charge in [-0.05, 0) is 148 Å². The molecule has 0 atom stereocenters. The molecule has 308 valence electrons. The normalized spacial score (nSPS) is 11.6. The molecule has 0 spiro atoms. The van der Waals surface area contributed by atoms with E-state index in [1.165, 1.54) is 102 Å². The lowest BCUT2D eigenvalue weighted by Crippen LogP contribution is -2.10. The van der Waals surface area contributed by atoms with E-state index >= 15 is 0 Å². The molecule has 0 saturated carbocycles. The van der Waals surface area contributed by atoms with Crippen molar-refractivity contribution in [1.82, 2.24) is 0 Å². The number of nitrogens with zero attached hydrogens (tertiary/aromatic N) is 1. The van der Waals surface area contributed by atoms with Crippen LogP contribution in [-0.4, -0.2) is 0 Å². The Morgan fingerprint density at radius 1 is 0.242 bits per heavy atom. The van der Waals surface area contributed by atoms with Gasteiger partial charge in [0.15, 0.2) is 0 Å². The van der Waals surface area contributed by atoms with Gasteiger partial charge in [0.25, 0.3) is 0 Å². The number of thiophene rings is 1. The lowest BCUT2D eigenvalue weighted by atomic mass is 9.84. The van der Waals surface area contributed by atoms with Crippen molar-refractivity contribution in [3.8, 4) is 44.5 Å². The van der Waals surface area contributed by atoms with E-state index in [4.69, 9.17) is 0 Å². The van der Waals surface area contributed by atoms with Crippen LogP contribution in [0, 0.1) is 0 Å². The van der Waals surface area contributed by atoms with Crippen LogP contribution >= 0.6 is 11.3 Å². The fraction of sp³-hybridized carbons (Fsp3) is 0. The molecule has 0 N–H and O–H groups in total. The Kier molecular flexibility index (Phi) is 9.11. The number of hydrogen-bond acceptors (Lipinski definition) is 2. The molecule has 0 bridgehead atoms. The molecule has 66 heavy (non-hydrogen) atoms. The van der Waals surface area contributed by atoms with E-state index in [0.717, 1.165) is 22.6 Å². The first-order chi connectivity index (χ1) is 32.7. The molecule has 0 aliphatic carbocycles. The average molecular weight is 856 g/mol. The van der Waals surface area contributed by atoms with Crippen LogP contribution in [0.5, 0.6) is 0 Å². The molecule has 2 heteroatoms. The number of anilines is 3. The van der Waals surface area contributed by atoms with Crippen LogP contribution in [0.2, 0.25) is 0 Å². The van der Waals surface area contributed by atoms with Crippen molar-refractivity contribution in [2.24, 2.45) is 0 Å². The molecule has 0 saturated heterocycles. The minimum Gasteiger partial charge on any atom is -0.310 e. The highest BCUT2D eigenvalue weighted by Crippen LogP contribution is 2.47. The molecule has 0 aliphatic rings. The van der Waals surface area contributed by atoms with Gasteiger partial charge >= 0.3 is 0 Å². The van der Waals surface area contributed by atoms with Crippen LogP contribution in [0.3, 0.4) is 0 Å². The number of benzene rings is 12. The first kappa shape index (κ1) is 38.2. The van der Waals surface area contributed by atoms with Crippen LogP contribution in [0.15, 0.2) is 249 Å². The standard InChI is InChI=1S/C64H41NS/c1-3-16-43(17-4-1)63-57-28-12-11-25-53(57)55-36-32-46(39-60(55)64(63)44-18-5-2-6-19-44)45-21-15-22-49(38-45)65(50-35-37-62-59(41-50)56-27-13-14-29-61(56)66-62)48-33-30-42(31-34-48)58-40-47-20-7-8-23-51(47)52-24-9-10-26-54(52)58/h1-41H. The van der Waals surface area contributed by atoms with Gasteiger partial charge in [0, 0.05) is 37.2 Å². The van der Waals surface area contributed by atoms with Crippen molar-refractivity contribution < 1.29 is 0 Å². The zero-order valence-electron chi connectivity index (χ0n) is 36.0. The largest absolute Gasteiger partial charge is 0.310 e. The average Bonchev–Trinajstić information content (AvgIpc) is 3.77. The van der Waals surface area contributed by atoms with Crippen LogP contribution < -0.4 is 4.90 Å². The summed E-state index contributed by atoms with van der Waals surface area (Å²) in [7, 11) is 0. The molecule has 1 aromatic heterocycles. The maximum Gasteiger partial charge on any atom is 0.0468 e. The Labute approximate surface area is 387 Å². The number of rotatable bonds is 7. The van der Waals surface area contributed by atoms with Gasteiger partial charge < -0.3 is 4.90 Å². The summed E-state index contributed by atoms with van der Waals surface area (Å²) in [4.78, 5) is 2.43. The van der Waals surface area contributed by atoms with E-state index < -0.39 is 0 Å². The van der Waals surface area contributed by atoms with Gasteiger partial charge in [-0.1, -0.05) is 188 Å². The van der Waals surface area contributed by atoms with Crippen LogP contribution in [-0.2, 0) is 0 Å². The molecule has 0 radical (unpaired) electrons. The summed E-state index contributed by atoms with van der Waals surface area (Å²) >= 11 is 1.86. The Hall–Kier alpha value is -8.30. The highest BCUT2D eigenvalue weighted by Gasteiger charge is 2.20. The third-order valence-corrected chi connectivity index (χ3v) is 14.6. The third-order valence-electron chi connectivity index (χ3n) is 13.4. The van der Waals surface area contributed by atoms with Crippen LogP contribution in [0.4, 0.5) is 17.1 Å². The zero-order valence-corrected chi connectivity index (χ0v) is 36.8. The van der Waals surface area contributed by atoms with Crippen molar-refractivity contribution >= 4 is 91.7 Å². The highest BCUT2D eigenvalue weighted by molar-refractivity contribution is 7.25. The van der Waals surface area contributed by atoms with Gasteiger partial charge in [0.1, 0.15) is 0 Å². The Morgan fingerprint density at radius 2 is 0.758 bits per heavy atom. The summed E-state index contributed by atoms with van der Waals surface area (Å²) in [6.45, 7) is 0. The molecule has 12 aromatic carbocycles. The van der Waals surface area contributed by atoms with Crippen molar-refractivity contribution in [2.75, 3.05) is 4.90 Å². The maximum atomic E-state index is 2.43. The number of hydrogen-bond donors (Lipinski definition) is 0. The molecule has 13 rings (SSSR count). The highest BCUT2D eigenvalue weighted by atomic mass is 32.1. The minimum absolute atomic E-state index is 1.10. The molecular weight excluding hydrogens is 815 g/mol. The second kappa shape index (κ2) is 15.7. The summed E-state index contributed by atoms with van der Waals surface area (Å²) in [6.07, 6.45) is 0. The molecule has 1 heterocycles. The van der Waals surface area contributed by atoms with E-state index in [1.54, 1.807) is 0 Å². The summed E-state index contributed by atoms with van der Waals surface area (Å²) in [6, 6.07) is 91.6. The predicted octanol–water partition coefficient (Wildman–Crippen LogP) is 18.8. The predicted molar refractivity (Wildman–Crippen MR) is 286 cm³/mol. The molecule has 0 aliphatic heterocycles. The molecule has 0 unspecified atom stereocenters. The topological polar surface area (TPSA) is 3.24 Å². The summed E-state index contributed by atoms with van der Waals surface area (Å²) in [5.74, 6) is 0. The summed E-state index contributed by atoms with van der Waals surface area (Å²) in [5, 5.41) is 12.6. The molecular formula is C64H41NS.